The van der Waals surface area contributed by atoms with E-state index < -0.39 is 0 Å². The fourth-order valence-electron chi connectivity index (χ4n) is 0.974. The zero-order chi connectivity index (χ0) is 9.14. The van der Waals surface area contributed by atoms with Crippen molar-refractivity contribution in [1.29, 1.82) is 5.26 Å². The highest BCUT2D eigenvalue weighted by molar-refractivity contribution is 7.12. The standard InChI is InChI=1S/C8H8N2OS/c1-5-3-7(6(2)12-5)8(11)10-4-9/h3H,1-2H3,(H,10,11). The Morgan fingerprint density at radius 2 is 2.33 bits per heavy atom. The summed E-state index contributed by atoms with van der Waals surface area (Å²) in [6.07, 6.45) is 1.61. The van der Waals surface area contributed by atoms with Gasteiger partial charge < -0.3 is 0 Å². The first kappa shape index (κ1) is 8.75. The van der Waals surface area contributed by atoms with E-state index in [1.54, 1.807) is 23.6 Å². The average Bonchev–Trinajstić information content (AvgIpc) is 2.30. The summed E-state index contributed by atoms with van der Waals surface area (Å²) >= 11 is 1.55. The van der Waals surface area contributed by atoms with E-state index in [9.17, 15) is 4.79 Å². The Morgan fingerprint density at radius 1 is 1.67 bits per heavy atom. The van der Waals surface area contributed by atoms with Gasteiger partial charge >= 0.3 is 0 Å². The molecular formula is C8H8N2OS. The second-order valence-electron chi connectivity index (χ2n) is 2.39. The molecule has 0 aromatic carbocycles. The number of nitrogens with zero attached hydrogens (tertiary/aromatic N) is 1. The minimum absolute atomic E-state index is 0.320. The number of hydrogen-bond acceptors (Lipinski definition) is 3. The Balaban J connectivity index is 2.96. The molecule has 0 bridgehead atoms. The van der Waals surface area contributed by atoms with Gasteiger partial charge in [0, 0.05) is 9.75 Å². The first-order chi connectivity index (χ1) is 5.65. The summed E-state index contributed by atoms with van der Waals surface area (Å²) in [6.45, 7) is 3.80. The minimum Gasteiger partial charge on any atom is -0.268 e. The molecule has 0 saturated carbocycles. The van der Waals surface area contributed by atoms with Gasteiger partial charge in [-0.25, -0.2) is 0 Å². The van der Waals surface area contributed by atoms with Crippen LogP contribution in [-0.2, 0) is 0 Å². The largest absolute Gasteiger partial charge is 0.268 e. The Morgan fingerprint density at radius 3 is 2.75 bits per heavy atom. The lowest BCUT2D eigenvalue weighted by atomic mass is 10.2. The van der Waals surface area contributed by atoms with Gasteiger partial charge in [-0.3, -0.25) is 10.1 Å². The second-order valence-corrected chi connectivity index (χ2v) is 3.85. The van der Waals surface area contributed by atoms with Crippen molar-refractivity contribution in [3.05, 3.63) is 21.4 Å². The maximum Gasteiger partial charge on any atom is 0.265 e. The van der Waals surface area contributed by atoms with Gasteiger partial charge in [-0.05, 0) is 19.9 Å². The van der Waals surface area contributed by atoms with E-state index in [0.717, 1.165) is 9.75 Å². The van der Waals surface area contributed by atoms with E-state index in [-0.39, 0.29) is 5.91 Å². The second kappa shape index (κ2) is 3.37. The third-order valence-electron chi connectivity index (χ3n) is 1.46. The van der Waals surface area contributed by atoms with Gasteiger partial charge in [0.05, 0.1) is 5.56 Å². The highest BCUT2D eigenvalue weighted by Crippen LogP contribution is 2.19. The molecule has 0 unspecified atom stereocenters. The molecule has 1 aromatic rings. The van der Waals surface area contributed by atoms with E-state index >= 15 is 0 Å². The van der Waals surface area contributed by atoms with E-state index in [0.29, 0.717) is 5.56 Å². The third kappa shape index (κ3) is 1.63. The summed E-state index contributed by atoms with van der Waals surface area (Å²) < 4.78 is 0. The van der Waals surface area contributed by atoms with Crippen LogP contribution in [0.2, 0.25) is 0 Å². The molecule has 12 heavy (non-hydrogen) atoms. The monoisotopic (exact) mass is 180 g/mol. The molecule has 1 heterocycles. The topological polar surface area (TPSA) is 52.9 Å². The number of thiophene rings is 1. The van der Waals surface area contributed by atoms with Gasteiger partial charge in [0.15, 0.2) is 6.19 Å². The molecule has 3 nitrogen and oxygen atoms in total. The van der Waals surface area contributed by atoms with Crippen molar-refractivity contribution in [3.8, 4) is 6.19 Å². The van der Waals surface area contributed by atoms with Crippen LogP contribution in [-0.4, -0.2) is 5.91 Å². The van der Waals surface area contributed by atoms with Gasteiger partial charge in [-0.2, -0.15) is 5.26 Å². The number of nitriles is 1. The van der Waals surface area contributed by atoms with Gasteiger partial charge in [-0.1, -0.05) is 0 Å². The molecule has 0 spiro atoms. The zero-order valence-corrected chi connectivity index (χ0v) is 7.66. The number of hydrogen-bond donors (Lipinski definition) is 1. The Hall–Kier alpha value is -1.34. The van der Waals surface area contributed by atoms with Crippen molar-refractivity contribution in [2.75, 3.05) is 0 Å². The summed E-state index contributed by atoms with van der Waals surface area (Å²) in [4.78, 5) is 13.2. The molecule has 0 aliphatic rings. The van der Waals surface area contributed by atoms with Gasteiger partial charge in [0.2, 0.25) is 0 Å². The van der Waals surface area contributed by atoms with Crippen molar-refractivity contribution < 1.29 is 4.79 Å². The quantitative estimate of drug-likeness (QED) is 0.527. The fourth-order valence-corrected chi connectivity index (χ4v) is 1.90. The van der Waals surface area contributed by atoms with Crippen molar-refractivity contribution in [2.24, 2.45) is 0 Å². The summed E-state index contributed by atoms with van der Waals surface area (Å²) in [5.41, 5.74) is 0.596. The lowest BCUT2D eigenvalue weighted by Gasteiger charge is -1.93. The van der Waals surface area contributed by atoms with Crippen molar-refractivity contribution in [1.82, 2.24) is 5.32 Å². The molecule has 1 N–H and O–H groups in total. The van der Waals surface area contributed by atoms with Crippen LogP contribution in [0.5, 0.6) is 0 Å². The molecule has 1 amide bonds. The van der Waals surface area contributed by atoms with Crippen LogP contribution in [0.15, 0.2) is 6.07 Å². The maximum atomic E-state index is 11.2. The minimum atomic E-state index is -0.320. The Bertz CT molecular complexity index is 348. The molecule has 62 valence electrons. The molecular weight excluding hydrogens is 172 g/mol. The highest BCUT2D eigenvalue weighted by Gasteiger charge is 2.10. The molecule has 1 rings (SSSR count). The van der Waals surface area contributed by atoms with Crippen LogP contribution in [0.25, 0.3) is 0 Å². The third-order valence-corrected chi connectivity index (χ3v) is 2.42. The van der Waals surface area contributed by atoms with Crippen molar-refractivity contribution in [2.45, 2.75) is 13.8 Å². The van der Waals surface area contributed by atoms with Crippen LogP contribution in [0, 0.1) is 25.3 Å². The van der Waals surface area contributed by atoms with Crippen LogP contribution >= 0.6 is 11.3 Å². The van der Waals surface area contributed by atoms with E-state index in [2.05, 4.69) is 5.32 Å². The summed E-state index contributed by atoms with van der Waals surface area (Å²) in [5, 5.41) is 10.3. The lowest BCUT2D eigenvalue weighted by Crippen LogP contribution is -2.17. The predicted molar refractivity (Wildman–Crippen MR) is 46.9 cm³/mol. The van der Waals surface area contributed by atoms with Crippen LogP contribution in [0.3, 0.4) is 0 Å². The number of carbonyl (C=O) groups excluding carboxylic acids is 1. The molecule has 0 fully saturated rings. The van der Waals surface area contributed by atoms with Crippen LogP contribution in [0.1, 0.15) is 20.1 Å². The molecule has 1 aromatic heterocycles. The van der Waals surface area contributed by atoms with Gasteiger partial charge in [0.1, 0.15) is 0 Å². The average molecular weight is 180 g/mol. The number of carbonyl (C=O) groups is 1. The Labute approximate surface area is 74.6 Å². The molecule has 0 saturated heterocycles. The van der Waals surface area contributed by atoms with E-state index in [1.165, 1.54) is 0 Å². The molecule has 0 radical (unpaired) electrons. The number of amides is 1. The summed E-state index contributed by atoms with van der Waals surface area (Å²) in [7, 11) is 0. The first-order valence-electron chi connectivity index (χ1n) is 3.41. The van der Waals surface area contributed by atoms with Crippen LogP contribution < -0.4 is 5.32 Å². The van der Waals surface area contributed by atoms with Crippen LogP contribution in [0.4, 0.5) is 0 Å². The molecule has 4 heteroatoms. The number of rotatable bonds is 1. The molecule has 0 aliphatic heterocycles. The molecule has 0 atom stereocenters. The van der Waals surface area contributed by atoms with Crippen molar-refractivity contribution in [3.63, 3.8) is 0 Å². The summed E-state index contributed by atoms with van der Waals surface area (Å²) in [5.74, 6) is -0.320. The normalized spacial score (nSPS) is 9.08. The summed E-state index contributed by atoms with van der Waals surface area (Å²) in [6, 6.07) is 1.78. The lowest BCUT2D eigenvalue weighted by molar-refractivity contribution is 0.0973. The fraction of sp³-hybridized carbons (Fsp3) is 0.250. The zero-order valence-electron chi connectivity index (χ0n) is 6.84. The maximum absolute atomic E-state index is 11.2. The van der Waals surface area contributed by atoms with Crippen molar-refractivity contribution >= 4 is 17.2 Å². The van der Waals surface area contributed by atoms with E-state index in [4.69, 9.17) is 5.26 Å². The SMILES string of the molecule is Cc1cc(C(=O)NC#N)c(C)s1. The Kier molecular flexibility index (Phi) is 2.46. The predicted octanol–water partition coefficient (Wildman–Crippen LogP) is 1.58. The van der Waals surface area contributed by atoms with Gasteiger partial charge in [0.25, 0.3) is 5.91 Å². The van der Waals surface area contributed by atoms with Gasteiger partial charge in [-0.15, -0.1) is 11.3 Å². The molecule has 0 aliphatic carbocycles. The van der Waals surface area contributed by atoms with E-state index in [1.807, 2.05) is 13.8 Å². The smallest absolute Gasteiger partial charge is 0.265 e. The number of aryl methyl sites for hydroxylation is 2. The first-order valence-corrected chi connectivity index (χ1v) is 4.23. The number of nitrogens with one attached hydrogen (secondary N) is 1. The highest BCUT2D eigenvalue weighted by atomic mass is 32.1.